The molecule has 0 N–H and O–H groups in total. The molecule has 168 valence electrons. The first kappa shape index (κ1) is 21.1. The van der Waals surface area contributed by atoms with Gasteiger partial charge in [0.05, 0.1) is 12.6 Å². The van der Waals surface area contributed by atoms with Gasteiger partial charge in [0, 0.05) is 49.5 Å². The van der Waals surface area contributed by atoms with Gasteiger partial charge in [-0.2, -0.15) is 9.29 Å². The van der Waals surface area contributed by atoms with Crippen molar-refractivity contribution in [1.29, 1.82) is 0 Å². The third-order valence-electron chi connectivity index (χ3n) is 6.30. The van der Waals surface area contributed by atoms with E-state index in [4.69, 9.17) is 4.74 Å². The van der Waals surface area contributed by atoms with E-state index in [0.29, 0.717) is 47.8 Å². The third kappa shape index (κ3) is 4.14. The second kappa shape index (κ2) is 8.63. The highest BCUT2D eigenvalue weighted by Crippen LogP contribution is 2.35. The van der Waals surface area contributed by atoms with Crippen molar-refractivity contribution < 1.29 is 13.2 Å². The molecule has 0 spiro atoms. The van der Waals surface area contributed by atoms with Crippen molar-refractivity contribution in [1.82, 2.24) is 19.3 Å². The largest absolute Gasteiger partial charge is 0.481 e. The van der Waals surface area contributed by atoms with E-state index < -0.39 is 10.0 Å². The number of ether oxygens (including phenoxy) is 1. The molecule has 2 aromatic heterocycles. The van der Waals surface area contributed by atoms with Gasteiger partial charge < -0.3 is 9.64 Å². The normalized spacial score (nSPS) is 17.8. The minimum atomic E-state index is -3.67. The summed E-state index contributed by atoms with van der Waals surface area (Å²) in [5.74, 6) is 1.60. The summed E-state index contributed by atoms with van der Waals surface area (Å²) in [7, 11) is -2.09. The molecule has 1 saturated carbocycles. The predicted octanol–water partition coefficient (Wildman–Crippen LogP) is 3.10. The zero-order chi connectivity index (χ0) is 22.1. The van der Waals surface area contributed by atoms with E-state index in [1.165, 1.54) is 0 Å². The topological polar surface area (TPSA) is 88.5 Å². The molecule has 0 unspecified atom stereocenters. The fourth-order valence-electron chi connectivity index (χ4n) is 4.36. The molecule has 0 radical (unpaired) electrons. The van der Waals surface area contributed by atoms with Crippen LogP contribution in [-0.2, 0) is 10.0 Å². The van der Waals surface area contributed by atoms with Crippen molar-refractivity contribution in [2.24, 2.45) is 5.92 Å². The Morgan fingerprint density at radius 1 is 1.03 bits per heavy atom. The second-order valence-electron chi connectivity index (χ2n) is 8.47. The highest BCUT2D eigenvalue weighted by molar-refractivity contribution is 7.89. The molecule has 1 aliphatic carbocycles. The van der Waals surface area contributed by atoms with Gasteiger partial charge in [0.25, 0.3) is 0 Å². The van der Waals surface area contributed by atoms with Crippen LogP contribution >= 0.6 is 0 Å². The van der Waals surface area contributed by atoms with Crippen LogP contribution in [0.15, 0.2) is 53.7 Å². The van der Waals surface area contributed by atoms with Crippen molar-refractivity contribution >= 4 is 26.9 Å². The van der Waals surface area contributed by atoms with Crippen molar-refractivity contribution in [3.8, 4) is 5.88 Å². The van der Waals surface area contributed by atoms with E-state index in [-0.39, 0.29) is 6.04 Å². The molecule has 0 atom stereocenters. The summed E-state index contributed by atoms with van der Waals surface area (Å²) < 4.78 is 34.7. The molecule has 3 heterocycles. The Bertz CT molecular complexity index is 1200. The fraction of sp³-hybridized carbons (Fsp3) is 0.435. The first-order chi connectivity index (χ1) is 15.6. The number of benzene rings is 1. The Hall–Kier alpha value is -2.78. The number of hydrogen-bond acceptors (Lipinski definition) is 7. The van der Waals surface area contributed by atoms with E-state index in [1.54, 1.807) is 42.0 Å². The van der Waals surface area contributed by atoms with Gasteiger partial charge in [0.2, 0.25) is 21.9 Å². The Labute approximate surface area is 188 Å². The molecule has 2 aliphatic rings. The number of sulfonamides is 1. The van der Waals surface area contributed by atoms with Crippen LogP contribution in [0.1, 0.15) is 25.7 Å². The number of pyridine rings is 1. The number of para-hydroxylation sites is 1. The van der Waals surface area contributed by atoms with Crippen LogP contribution in [0, 0.1) is 5.92 Å². The highest BCUT2D eigenvalue weighted by atomic mass is 32.2. The van der Waals surface area contributed by atoms with Crippen LogP contribution in [-0.4, -0.2) is 60.5 Å². The van der Waals surface area contributed by atoms with Gasteiger partial charge in [-0.05, 0) is 43.7 Å². The number of nitrogens with zero attached hydrogens (tertiary/aromatic N) is 5. The third-order valence-corrected chi connectivity index (χ3v) is 8.25. The molecule has 0 amide bonds. The van der Waals surface area contributed by atoms with E-state index >= 15 is 0 Å². The molecule has 1 aliphatic heterocycles. The maximum Gasteiger partial charge on any atom is 0.245 e. The Morgan fingerprint density at radius 3 is 2.56 bits per heavy atom. The molecule has 0 bridgehead atoms. The quantitative estimate of drug-likeness (QED) is 0.543. The predicted molar refractivity (Wildman–Crippen MR) is 122 cm³/mol. The molecular formula is C23H27N5O3S. The average molecular weight is 454 g/mol. The number of rotatable bonds is 7. The zero-order valence-electron chi connectivity index (χ0n) is 18.1. The summed E-state index contributed by atoms with van der Waals surface area (Å²) in [6.45, 7) is 1.97. The van der Waals surface area contributed by atoms with E-state index in [2.05, 4.69) is 19.9 Å². The number of piperidine rings is 1. The van der Waals surface area contributed by atoms with E-state index in [1.807, 2.05) is 18.2 Å². The van der Waals surface area contributed by atoms with Crippen LogP contribution in [0.2, 0.25) is 0 Å². The molecule has 3 aromatic rings. The molecule has 8 nitrogen and oxygen atoms in total. The van der Waals surface area contributed by atoms with Crippen molar-refractivity contribution in [2.75, 3.05) is 31.6 Å². The minimum absolute atomic E-state index is 0.0542. The molecule has 5 rings (SSSR count). The van der Waals surface area contributed by atoms with Gasteiger partial charge in [-0.3, -0.25) is 4.98 Å². The maximum absolute atomic E-state index is 13.9. The Morgan fingerprint density at radius 2 is 1.81 bits per heavy atom. The van der Waals surface area contributed by atoms with Gasteiger partial charge in [-0.15, -0.1) is 0 Å². The molecule has 1 aromatic carbocycles. The maximum atomic E-state index is 13.9. The Kier molecular flexibility index (Phi) is 5.69. The van der Waals surface area contributed by atoms with Crippen LogP contribution in [0.4, 0.5) is 5.95 Å². The molecule has 9 heteroatoms. The number of fused-ring (bicyclic) bond motifs is 1. The lowest BCUT2D eigenvalue weighted by molar-refractivity contribution is 0.266. The van der Waals surface area contributed by atoms with Crippen LogP contribution in [0.25, 0.3) is 10.9 Å². The van der Waals surface area contributed by atoms with Gasteiger partial charge in [-0.1, -0.05) is 18.2 Å². The first-order valence-electron chi connectivity index (χ1n) is 11.0. The summed E-state index contributed by atoms with van der Waals surface area (Å²) in [4.78, 5) is 15.6. The number of anilines is 1. The lowest BCUT2D eigenvalue weighted by atomic mass is 10.1. The van der Waals surface area contributed by atoms with Gasteiger partial charge in [0.15, 0.2) is 0 Å². The van der Waals surface area contributed by atoms with Crippen molar-refractivity contribution in [3.05, 3.63) is 48.8 Å². The SMILES string of the molecule is COc1ccnc(N2CCC(N(CC3CC3)S(=O)(=O)c3cccc4cccnc34)CC2)n1. The van der Waals surface area contributed by atoms with E-state index in [9.17, 15) is 8.42 Å². The van der Waals surface area contributed by atoms with Crippen molar-refractivity contribution in [3.63, 3.8) is 0 Å². The van der Waals surface area contributed by atoms with Gasteiger partial charge in [0.1, 0.15) is 4.90 Å². The lowest BCUT2D eigenvalue weighted by Crippen LogP contribution is -2.48. The smallest absolute Gasteiger partial charge is 0.245 e. The summed E-state index contributed by atoms with van der Waals surface area (Å²) in [5.41, 5.74) is 0.540. The number of hydrogen-bond donors (Lipinski definition) is 0. The van der Waals surface area contributed by atoms with Gasteiger partial charge >= 0.3 is 0 Å². The van der Waals surface area contributed by atoms with Crippen molar-refractivity contribution in [2.45, 2.75) is 36.6 Å². The summed E-state index contributed by atoms with van der Waals surface area (Å²) in [6.07, 6.45) is 6.98. The summed E-state index contributed by atoms with van der Waals surface area (Å²) >= 11 is 0. The Balaban J connectivity index is 1.40. The van der Waals surface area contributed by atoms with Crippen LogP contribution < -0.4 is 9.64 Å². The molecule has 1 saturated heterocycles. The standard InChI is InChI=1S/C23H27N5O3S/c1-31-21-9-13-25-23(26-21)27-14-10-19(11-15-27)28(16-17-7-8-17)32(29,30)20-6-2-4-18-5-3-12-24-22(18)20/h2-6,9,12-13,17,19H,7-8,10-11,14-16H2,1H3. The first-order valence-corrected chi connectivity index (χ1v) is 12.5. The zero-order valence-corrected chi connectivity index (χ0v) is 18.9. The summed E-state index contributed by atoms with van der Waals surface area (Å²) in [5, 5.41) is 0.838. The molecule has 32 heavy (non-hydrogen) atoms. The second-order valence-corrected chi connectivity index (χ2v) is 10.3. The number of methoxy groups -OCH3 is 1. The number of aromatic nitrogens is 3. The van der Waals surface area contributed by atoms with Crippen LogP contribution in [0.5, 0.6) is 5.88 Å². The lowest BCUT2D eigenvalue weighted by Gasteiger charge is -2.38. The monoisotopic (exact) mass is 453 g/mol. The average Bonchev–Trinajstić information content (AvgIpc) is 3.66. The van der Waals surface area contributed by atoms with Gasteiger partial charge in [-0.25, -0.2) is 13.4 Å². The minimum Gasteiger partial charge on any atom is -0.481 e. The highest BCUT2D eigenvalue weighted by Gasteiger charge is 2.38. The molecular weight excluding hydrogens is 426 g/mol. The fourth-order valence-corrected chi connectivity index (χ4v) is 6.29. The molecule has 2 fully saturated rings. The van der Waals surface area contributed by atoms with E-state index in [0.717, 1.165) is 31.1 Å². The van der Waals surface area contributed by atoms with Crippen LogP contribution in [0.3, 0.4) is 0 Å². The summed E-state index contributed by atoms with van der Waals surface area (Å²) in [6, 6.07) is 10.8.